The van der Waals surface area contributed by atoms with Crippen LogP contribution < -0.4 is 9.80 Å². The van der Waals surface area contributed by atoms with Gasteiger partial charge in [-0.05, 0) is 112 Å². The van der Waals surface area contributed by atoms with E-state index in [1.807, 2.05) is 12.1 Å². The van der Waals surface area contributed by atoms with Crippen molar-refractivity contribution in [1.29, 1.82) is 0 Å². The number of fused-ring (bicyclic) bond motifs is 4. The van der Waals surface area contributed by atoms with Crippen LogP contribution in [0.25, 0.3) is 55.0 Å². The van der Waals surface area contributed by atoms with Gasteiger partial charge in [0.2, 0.25) is 0 Å². The van der Waals surface area contributed by atoms with Gasteiger partial charge in [-0.3, -0.25) is 0 Å². The Balaban J connectivity index is 1.08. The highest BCUT2D eigenvalue weighted by Crippen LogP contribution is 2.43. The van der Waals surface area contributed by atoms with E-state index in [1.54, 1.807) is 0 Å². The summed E-state index contributed by atoms with van der Waals surface area (Å²) in [6.45, 7) is 0. The maximum Gasteiger partial charge on any atom is 0.137 e. The van der Waals surface area contributed by atoms with Gasteiger partial charge in [-0.1, -0.05) is 133 Å². The van der Waals surface area contributed by atoms with Crippen molar-refractivity contribution < 1.29 is 4.42 Å². The zero-order valence-corrected chi connectivity index (χ0v) is 30.1. The minimum atomic E-state index is 0.868. The Bertz CT molecular complexity index is 2920. The van der Waals surface area contributed by atoms with Gasteiger partial charge in [-0.25, -0.2) is 0 Å². The third-order valence-electron chi connectivity index (χ3n) is 10.4. The minimum Gasteiger partial charge on any atom is -0.456 e. The van der Waals surface area contributed by atoms with Crippen molar-refractivity contribution in [3.63, 3.8) is 0 Å². The van der Waals surface area contributed by atoms with Crippen LogP contribution in [0.15, 0.2) is 223 Å². The highest BCUT2D eigenvalue weighted by Gasteiger charge is 2.19. The van der Waals surface area contributed by atoms with Gasteiger partial charge in [-0.2, -0.15) is 0 Å². The van der Waals surface area contributed by atoms with Crippen LogP contribution >= 0.6 is 0 Å². The maximum absolute atomic E-state index is 6.36. The lowest BCUT2D eigenvalue weighted by Crippen LogP contribution is -2.10. The second kappa shape index (κ2) is 13.9. The molecule has 260 valence electrons. The molecule has 0 bridgehead atoms. The summed E-state index contributed by atoms with van der Waals surface area (Å²) in [6, 6.07) is 77.6. The number of hydrogen-bond donors (Lipinski definition) is 0. The average molecular weight is 705 g/mol. The molecule has 0 saturated heterocycles. The van der Waals surface area contributed by atoms with Gasteiger partial charge in [0.1, 0.15) is 11.2 Å². The number of furan rings is 1. The van der Waals surface area contributed by atoms with E-state index >= 15 is 0 Å². The molecule has 10 aromatic rings. The molecule has 0 N–H and O–H groups in total. The fourth-order valence-electron chi connectivity index (χ4n) is 7.79. The fourth-order valence-corrected chi connectivity index (χ4v) is 7.79. The molecule has 0 radical (unpaired) electrons. The molecule has 9 aromatic carbocycles. The van der Waals surface area contributed by atoms with Gasteiger partial charge < -0.3 is 14.2 Å². The molecule has 0 aliphatic rings. The predicted molar refractivity (Wildman–Crippen MR) is 231 cm³/mol. The summed E-state index contributed by atoms with van der Waals surface area (Å²) in [5, 5.41) is 4.68. The van der Waals surface area contributed by atoms with E-state index in [1.165, 1.54) is 16.3 Å². The average Bonchev–Trinajstić information content (AvgIpc) is 3.63. The molecule has 0 atom stereocenters. The van der Waals surface area contributed by atoms with Gasteiger partial charge in [0.15, 0.2) is 0 Å². The largest absolute Gasteiger partial charge is 0.456 e. The molecule has 0 saturated carbocycles. The second-order valence-corrected chi connectivity index (χ2v) is 13.8. The predicted octanol–water partition coefficient (Wildman–Crippen LogP) is 15.0. The Morgan fingerprint density at radius 1 is 0.273 bits per heavy atom. The number of rotatable bonds is 8. The third kappa shape index (κ3) is 6.08. The normalized spacial score (nSPS) is 11.3. The van der Waals surface area contributed by atoms with Crippen LogP contribution in [0, 0.1) is 0 Å². The van der Waals surface area contributed by atoms with Crippen molar-refractivity contribution in [3.05, 3.63) is 218 Å². The topological polar surface area (TPSA) is 19.6 Å². The standard InChI is InChI=1S/C52H36N2O/c1-4-15-38(16-5-1)50-35-45(54(42-20-8-3-9-21-42)46-31-33-49-48-22-12-13-23-51(48)55-52(49)36-46)30-32-47(50)39-25-27-43(28-26-39)53(41-18-6-2-7-19-41)44-29-24-37-14-10-11-17-40(37)34-44/h1-36H. The molecular weight excluding hydrogens is 669 g/mol. The van der Waals surface area contributed by atoms with Crippen molar-refractivity contribution in [3.8, 4) is 22.3 Å². The van der Waals surface area contributed by atoms with Gasteiger partial charge in [0.05, 0.1) is 0 Å². The molecule has 10 rings (SSSR count). The molecule has 0 unspecified atom stereocenters. The van der Waals surface area contributed by atoms with Crippen LogP contribution in [0.4, 0.5) is 34.1 Å². The number of benzene rings is 9. The molecule has 0 fully saturated rings. The highest BCUT2D eigenvalue weighted by atomic mass is 16.3. The van der Waals surface area contributed by atoms with Crippen molar-refractivity contribution >= 4 is 66.8 Å². The van der Waals surface area contributed by atoms with Crippen molar-refractivity contribution in [1.82, 2.24) is 0 Å². The Morgan fingerprint density at radius 3 is 1.51 bits per heavy atom. The molecule has 0 aliphatic carbocycles. The van der Waals surface area contributed by atoms with Crippen LogP contribution in [0.1, 0.15) is 0 Å². The first-order valence-electron chi connectivity index (χ1n) is 18.7. The SMILES string of the molecule is c1ccc(-c2cc(N(c3ccccc3)c3ccc4c(c3)oc3ccccc34)ccc2-c2ccc(N(c3ccccc3)c3ccc4ccccc4c3)cc2)cc1. The molecule has 3 heteroatoms. The van der Waals surface area contributed by atoms with E-state index in [-0.39, 0.29) is 0 Å². The zero-order chi connectivity index (χ0) is 36.6. The Morgan fingerprint density at radius 2 is 0.764 bits per heavy atom. The zero-order valence-electron chi connectivity index (χ0n) is 30.1. The van der Waals surface area contributed by atoms with Gasteiger partial charge in [-0.15, -0.1) is 0 Å². The Labute approximate surface area is 320 Å². The van der Waals surface area contributed by atoms with Crippen LogP contribution in [0.2, 0.25) is 0 Å². The molecular formula is C52H36N2O. The van der Waals surface area contributed by atoms with Gasteiger partial charge >= 0.3 is 0 Å². The number of hydrogen-bond acceptors (Lipinski definition) is 3. The smallest absolute Gasteiger partial charge is 0.137 e. The summed E-state index contributed by atoms with van der Waals surface area (Å²) in [4.78, 5) is 4.64. The summed E-state index contributed by atoms with van der Waals surface area (Å²) >= 11 is 0. The summed E-state index contributed by atoms with van der Waals surface area (Å²) in [5.41, 5.74) is 12.9. The maximum atomic E-state index is 6.36. The highest BCUT2D eigenvalue weighted by molar-refractivity contribution is 6.06. The first-order valence-corrected chi connectivity index (χ1v) is 18.7. The van der Waals surface area contributed by atoms with E-state index in [0.717, 1.165) is 72.8 Å². The van der Waals surface area contributed by atoms with Crippen molar-refractivity contribution in [2.75, 3.05) is 9.80 Å². The third-order valence-corrected chi connectivity index (χ3v) is 10.4. The van der Waals surface area contributed by atoms with E-state index in [4.69, 9.17) is 4.42 Å². The van der Waals surface area contributed by atoms with E-state index in [9.17, 15) is 0 Å². The molecule has 55 heavy (non-hydrogen) atoms. The van der Waals surface area contributed by atoms with Crippen molar-refractivity contribution in [2.24, 2.45) is 0 Å². The summed E-state index contributed by atoms with van der Waals surface area (Å²) in [6.07, 6.45) is 0. The summed E-state index contributed by atoms with van der Waals surface area (Å²) in [7, 11) is 0. The molecule has 0 spiro atoms. The van der Waals surface area contributed by atoms with Crippen LogP contribution in [-0.2, 0) is 0 Å². The van der Waals surface area contributed by atoms with Crippen molar-refractivity contribution in [2.45, 2.75) is 0 Å². The lowest BCUT2D eigenvalue weighted by Gasteiger charge is -2.27. The van der Waals surface area contributed by atoms with E-state index in [0.29, 0.717) is 0 Å². The monoisotopic (exact) mass is 704 g/mol. The van der Waals surface area contributed by atoms with E-state index < -0.39 is 0 Å². The number of anilines is 6. The Kier molecular flexibility index (Phi) is 8.16. The number of nitrogens with zero attached hydrogens (tertiary/aromatic N) is 2. The van der Waals surface area contributed by atoms with E-state index in [2.05, 4.69) is 216 Å². The molecule has 0 aliphatic heterocycles. The lowest BCUT2D eigenvalue weighted by molar-refractivity contribution is 0.669. The van der Waals surface area contributed by atoms with Crippen LogP contribution in [0.3, 0.4) is 0 Å². The number of para-hydroxylation sites is 3. The summed E-state index contributed by atoms with van der Waals surface area (Å²) in [5.74, 6) is 0. The first kappa shape index (κ1) is 32.3. The van der Waals surface area contributed by atoms with Gasteiger partial charge in [0, 0.05) is 51.0 Å². The molecule has 1 aromatic heterocycles. The molecule has 1 heterocycles. The molecule has 0 amide bonds. The first-order chi connectivity index (χ1) is 27.3. The summed E-state index contributed by atoms with van der Waals surface area (Å²) < 4.78 is 6.36. The van der Waals surface area contributed by atoms with Gasteiger partial charge in [0.25, 0.3) is 0 Å². The van der Waals surface area contributed by atoms with Crippen LogP contribution in [-0.4, -0.2) is 0 Å². The fraction of sp³-hybridized carbons (Fsp3) is 0. The van der Waals surface area contributed by atoms with Crippen LogP contribution in [0.5, 0.6) is 0 Å². The minimum absolute atomic E-state index is 0.868. The Hall–Kier alpha value is -7.36. The quantitative estimate of drug-likeness (QED) is 0.157. The lowest BCUT2D eigenvalue weighted by atomic mass is 9.93. The molecule has 3 nitrogen and oxygen atoms in total. The second-order valence-electron chi connectivity index (χ2n) is 13.8.